The summed E-state index contributed by atoms with van der Waals surface area (Å²) in [5, 5.41) is 0.179. The fraction of sp³-hybridized carbons (Fsp3) is 0. The summed E-state index contributed by atoms with van der Waals surface area (Å²) in [4.78, 5) is 23.2. The summed E-state index contributed by atoms with van der Waals surface area (Å²) < 4.78 is 0. The maximum atomic E-state index is 10.7. The van der Waals surface area contributed by atoms with Gasteiger partial charge in [-0.25, -0.2) is 0 Å². The molecule has 0 bridgehead atoms. The Bertz CT molecular complexity index is 305. The van der Waals surface area contributed by atoms with Crippen LogP contribution in [0.2, 0.25) is 5.02 Å². The summed E-state index contributed by atoms with van der Waals surface area (Å²) in [7, 11) is 0. The number of hydrogen-bond donors (Lipinski definition) is 1. The first-order chi connectivity index (χ1) is 4.75. The van der Waals surface area contributed by atoms with Gasteiger partial charge in [0.15, 0.2) is 6.29 Å². The number of aromatic nitrogens is 1. The molecule has 4 heteroatoms. The van der Waals surface area contributed by atoms with Crippen LogP contribution < -0.4 is 5.56 Å². The summed E-state index contributed by atoms with van der Waals surface area (Å²) in [5.74, 6) is 0. The number of aldehydes is 1. The zero-order valence-corrected chi connectivity index (χ0v) is 5.68. The van der Waals surface area contributed by atoms with Crippen LogP contribution in [0, 0.1) is 0 Å². The second kappa shape index (κ2) is 2.66. The molecule has 0 aromatic carbocycles. The molecule has 52 valence electrons. The first-order valence-corrected chi connectivity index (χ1v) is 2.96. The summed E-state index contributed by atoms with van der Waals surface area (Å²) in [6, 6.07) is 1.45. The van der Waals surface area contributed by atoms with Gasteiger partial charge in [0, 0.05) is 6.20 Å². The van der Waals surface area contributed by atoms with E-state index in [9.17, 15) is 9.59 Å². The van der Waals surface area contributed by atoms with Crippen molar-refractivity contribution >= 4 is 17.9 Å². The number of hydrogen-bond acceptors (Lipinski definition) is 2. The van der Waals surface area contributed by atoms with Crippen molar-refractivity contribution in [3.8, 4) is 0 Å². The Balaban J connectivity index is 3.45. The normalized spacial score (nSPS) is 9.30. The van der Waals surface area contributed by atoms with Gasteiger partial charge in [-0.2, -0.15) is 0 Å². The van der Waals surface area contributed by atoms with E-state index in [1.54, 1.807) is 0 Å². The van der Waals surface area contributed by atoms with Crippen LogP contribution in [0.4, 0.5) is 0 Å². The van der Waals surface area contributed by atoms with Crippen LogP contribution in [-0.2, 0) is 0 Å². The topological polar surface area (TPSA) is 49.9 Å². The van der Waals surface area contributed by atoms with Crippen molar-refractivity contribution in [2.75, 3.05) is 0 Å². The van der Waals surface area contributed by atoms with E-state index in [1.807, 2.05) is 0 Å². The largest absolute Gasteiger partial charge is 0.328 e. The molecule has 0 saturated carbocycles. The molecule has 1 N–H and O–H groups in total. The Morgan fingerprint density at radius 3 is 2.70 bits per heavy atom. The lowest BCUT2D eigenvalue weighted by Crippen LogP contribution is -2.10. The SMILES string of the molecule is O=Cc1c(Cl)cc[nH]c1=O. The van der Waals surface area contributed by atoms with E-state index in [-0.39, 0.29) is 10.6 Å². The van der Waals surface area contributed by atoms with Crippen molar-refractivity contribution in [1.29, 1.82) is 0 Å². The molecule has 0 atom stereocenters. The Morgan fingerprint density at radius 2 is 2.30 bits per heavy atom. The third kappa shape index (κ3) is 1.09. The zero-order chi connectivity index (χ0) is 7.56. The van der Waals surface area contributed by atoms with Gasteiger partial charge in [-0.1, -0.05) is 11.6 Å². The number of rotatable bonds is 1. The third-order valence-electron chi connectivity index (χ3n) is 1.06. The van der Waals surface area contributed by atoms with Crippen molar-refractivity contribution in [2.24, 2.45) is 0 Å². The molecule has 0 unspecified atom stereocenters. The second-order valence-corrected chi connectivity index (χ2v) is 2.09. The molecular weight excluding hydrogens is 154 g/mol. The van der Waals surface area contributed by atoms with Gasteiger partial charge >= 0.3 is 0 Å². The summed E-state index contributed by atoms with van der Waals surface area (Å²) in [5.41, 5.74) is -0.480. The van der Waals surface area contributed by atoms with Crippen LogP contribution in [0.3, 0.4) is 0 Å². The number of aromatic amines is 1. The zero-order valence-electron chi connectivity index (χ0n) is 4.93. The van der Waals surface area contributed by atoms with Crippen molar-refractivity contribution in [1.82, 2.24) is 4.98 Å². The van der Waals surface area contributed by atoms with Crippen molar-refractivity contribution in [2.45, 2.75) is 0 Å². The van der Waals surface area contributed by atoms with Gasteiger partial charge in [-0.15, -0.1) is 0 Å². The molecule has 0 aliphatic heterocycles. The Labute approximate surface area is 61.6 Å². The minimum absolute atomic E-state index is 0.0239. The average molecular weight is 158 g/mol. The predicted molar refractivity (Wildman–Crippen MR) is 37.5 cm³/mol. The first kappa shape index (κ1) is 7.02. The lowest BCUT2D eigenvalue weighted by atomic mass is 10.3. The van der Waals surface area contributed by atoms with Gasteiger partial charge in [0.2, 0.25) is 0 Å². The minimum Gasteiger partial charge on any atom is -0.328 e. The van der Waals surface area contributed by atoms with Crippen LogP contribution in [0.5, 0.6) is 0 Å². The molecule has 10 heavy (non-hydrogen) atoms. The van der Waals surface area contributed by atoms with E-state index in [0.717, 1.165) is 0 Å². The standard InChI is InChI=1S/C6H4ClNO2/c7-5-1-2-8-6(10)4(5)3-9/h1-3H,(H,8,10). The molecule has 0 saturated heterocycles. The Hall–Kier alpha value is -1.09. The monoisotopic (exact) mass is 157 g/mol. The smallest absolute Gasteiger partial charge is 0.260 e. The second-order valence-electron chi connectivity index (χ2n) is 1.69. The number of pyridine rings is 1. The fourth-order valence-electron chi connectivity index (χ4n) is 0.576. The van der Waals surface area contributed by atoms with Crippen LogP contribution in [0.25, 0.3) is 0 Å². The maximum absolute atomic E-state index is 10.7. The molecule has 1 aromatic rings. The molecule has 0 fully saturated rings. The Kier molecular flexibility index (Phi) is 1.87. The molecule has 0 amide bonds. The highest BCUT2D eigenvalue weighted by Crippen LogP contribution is 2.06. The van der Waals surface area contributed by atoms with E-state index in [0.29, 0.717) is 6.29 Å². The first-order valence-electron chi connectivity index (χ1n) is 2.58. The van der Waals surface area contributed by atoms with Crippen LogP contribution in [0.1, 0.15) is 10.4 Å². The maximum Gasteiger partial charge on any atom is 0.260 e. The van der Waals surface area contributed by atoms with Crippen LogP contribution in [-0.4, -0.2) is 11.3 Å². The number of H-pyrrole nitrogens is 1. The van der Waals surface area contributed by atoms with Gasteiger partial charge in [0.05, 0.1) is 10.6 Å². The van der Waals surface area contributed by atoms with E-state index in [4.69, 9.17) is 11.6 Å². The number of nitrogens with one attached hydrogen (secondary N) is 1. The molecule has 0 aliphatic rings. The van der Waals surface area contributed by atoms with E-state index in [2.05, 4.69) is 4.98 Å². The van der Waals surface area contributed by atoms with Gasteiger partial charge in [0.1, 0.15) is 0 Å². The lowest BCUT2D eigenvalue weighted by molar-refractivity contribution is 0.112. The van der Waals surface area contributed by atoms with Gasteiger partial charge in [-0.05, 0) is 6.07 Å². The van der Waals surface area contributed by atoms with Crippen LogP contribution in [0.15, 0.2) is 17.1 Å². The number of carbonyl (C=O) groups excluding carboxylic acids is 1. The van der Waals surface area contributed by atoms with Gasteiger partial charge in [-0.3, -0.25) is 9.59 Å². The van der Waals surface area contributed by atoms with E-state index < -0.39 is 5.56 Å². The number of carbonyl (C=O) groups is 1. The average Bonchev–Trinajstić information content (AvgIpc) is 1.88. The highest BCUT2D eigenvalue weighted by atomic mass is 35.5. The highest BCUT2D eigenvalue weighted by Gasteiger charge is 2.00. The van der Waals surface area contributed by atoms with Crippen LogP contribution >= 0.6 is 11.6 Å². The predicted octanol–water partition coefficient (Wildman–Crippen LogP) is 0.841. The summed E-state index contributed by atoms with van der Waals surface area (Å²) in [6.07, 6.45) is 1.82. The molecular formula is C6H4ClNO2. The molecule has 0 aliphatic carbocycles. The Morgan fingerprint density at radius 1 is 1.60 bits per heavy atom. The van der Waals surface area contributed by atoms with E-state index in [1.165, 1.54) is 12.3 Å². The quantitative estimate of drug-likeness (QED) is 0.615. The van der Waals surface area contributed by atoms with Crippen molar-refractivity contribution in [3.05, 3.63) is 33.2 Å². The molecule has 0 spiro atoms. The molecule has 1 heterocycles. The van der Waals surface area contributed by atoms with Crippen molar-refractivity contribution < 1.29 is 4.79 Å². The van der Waals surface area contributed by atoms with Gasteiger partial charge < -0.3 is 4.98 Å². The molecule has 0 radical (unpaired) electrons. The summed E-state index contributed by atoms with van der Waals surface area (Å²) in [6.45, 7) is 0. The molecule has 1 aromatic heterocycles. The highest BCUT2D eigenvalue weighted by molar-refractivity contribution is 6.32. The molecule has 1 rings (SSSR count). The minimum atomic E-state index is -0.456. The summed E-state index contributed by atoms with van der Waals surface area (Å²) >= 11 is 5.48. The van der Waals surface area contributed by atoms with E-state index >= 15 is 0 Å². The molecule has 3 nitrogen and oxygen atoms in total. The number of halogens is 1. The fourth-order valence-corrected chi connectivity index (χ4v) is 0.770. The lowest BCUT2D eigenvalue weighted by Gasteiger charge is -1.89. The van der Waals surface area contributed by atoms with Gasteiger partial charge in [0.25, 0.3) is 5.56 Å². The van der Waals surface area contributed by atoms with Crippen molar-refractivity contribution in [3.63, 3.8) is 0 Å². The third-order valence-corrected chi connectivity index (χ3v) is 1.39.